The van der Waals surface area contributed by atoms with E-state index in [0.29, 0.717) is 16.3 Å². The van der Waals surface area contributed by atoms with E-state index in [2.05, 4.69) is 4.98 Å². The van der Waals surface area contributed by atoms with E-state index in [1.165, 1.54) is 6.39 Å². The van der Waals surface area contributed by atoms with Gasteiger partial charge in [-0.3, -0.25) is 0 Å². The van der Waals surface area contributed by atoms with Gasteiger partial charge in [0.2, 0.25) is 0 Å². The zero-order chi connectivity index (χ0) is 8.72. The summed E-state index contributed by atoms with van der Waals surface area (Å²) in [4.78, 5) is 4.01. The minimum atomic E-state index is 0.505. The van der Waals surface area contributed by atoms with E-state index in [1.54, 1.807) is 6.07 Å². The van der Waals surface area contributed by atoms with Gasteiger partial charge in [0.25, 0.3) is 0 Å². The summed E-state index contributed by atoms with van der Waals surface area (Å²) in [6.07, 6.45) is 1.36. The van der Waals surface area contributed by atoms with Gasteiger partial charge in [0.05, 0.1) is 5.02 Å². The molecule has 3 nitrogen and oxygen atoms in total. The van der Waals surface area contributed by atoms with Gasteiger partial charge < -0.3 is 10.2 Å². The van der Waals surface area contributed by atoms with Crippen molar-refractivity contribution in [2.75, 3.05) is 5.73 Å². The summed E-state index contributed by atoms with van der Waals surface area (Å²) < 4.78 is 5.09. The van der Waals surface area contributed by atoms with E-state index in [0.717, 1.165) is 11.1 Å². The molecule has 1 aromatic carbocycles. The largest absolute Gasteiger partial charge is 0.442 e. The first-order valence-electron chi connectivity index (χ1n) is 3.48. The predicted octanol–water partition coefficient (Wildman–Crippen LogP) is 2.37. The Morgan fingerprint density at radius 2 is 2.33 bits per heavy atom. The third-order valence-electron chi connectivity index (χ3n) is 1.85. The van der Waals surface area contributed by atoms with E-state index < -0.39 is 0 Å². The molecule has 0 spiro atoms. The van der Waals surface area contributed by atoms with Crippen molar-refractivity contribution >= 4 is 28.4 Å². The van der Waals surface area contributed by atoms with Crippen LogP contribution in [-0.4, -0.2) is 4.98 Å². The first-order chi connectivity index (χ1) is 5.70. The summed E-state index contributed by atoms with van der Waals surface area (Å²) in [5.74, 6) is 0. The number of nitrogen functional groups attached to an aromatic ring is 1. The van der Waals surface area contributed by atoms with Crippen molar-refractivity contribution < 1.29 is 4.42 Å². The van der Waals surface area contributed by atoms with E-state index in [1.807, 2.05) is 6.92 Å². The third kappa shape index (κ3) is 0.865. The number of anilines is 1. The molecule has 2 rings (SSSR count). The smallest absolute Gasteiger partial charge is 0.182 e. The molecule has 62 valence electrons. The molecule has 2 aromatic rings. The molecule has 0 radical (unpaired) electrons. The van der Waals surface area contributed by atoms with E-state index in [4.69, 9.17) is 21.8 Å². The lowest BCUT2D eigenvalue weighted by molar-refractivity contribution is 0.602. The Labute approximate surface area is 74.1 Å². The van der Waals surface area contributed by atoms with Crippen LogP contribution in [0.3, 0.4) is 0 Å². The van der Waals surface area contributed by atoms with Crippen molar-refractivity contribution in [1.82, 2.24) is 4.98 Å². The van der Waals surface area contributed by atoms with Gasteiger partial charge in [-0.25, -0.2) is 4.98 Å². The molecule has 1 aromatic heterocycles. The molecule has 0 amide bonds. The molecular weight excluding hydrogens is 176 g/mol. The second-order valence-electron chi connectivity index (χ2n) is 2.60. The summed E-state index contributed by atoms with van der Waals surface area (Å²) in [7, 11) is 0. The Bertz CT molecular complexity index is 436. The number of aryl methyl sites for hydroxylation is 1. The highest BCUT2D eigenvalue weighted by Crippen LogP contribution is 2.29. The first kappa shape index (κ1) is 7.43. The van der Waals surface area contributed by atoms with Crippen molar-refractivity contribution in [1.29, 1.82) is 0 Å². The summed E-state index contributed by atoms with van der Waals surface area (Å²) >= 11 is 5.86. The normalized spacial score (nSPS) is 10.8. The second kappa shape index (κ2) is 2.38. The van der Waals surface area contributed by atoms with Crippen LogP contribution in [0.4, 0.5) is 5.69 Å². The summed E-state index contributed by atoms with van der Waals surface area (Å²) in [5, 5.41) is 0.505. The van der Waals surface area contributed by atoms with Gasteiger partial charge in [-0.15, -0.1) is 0 Å². The van der Waals surface area contributed by atoms with Crippen molar-refractivity contribution in [3.05, 3.63) is 23.0 Å². The SMILES string of the molecule is Cc1c(N)cc(Cl)c2ocnc12. The second-order valence-corrected chi connectivity index (χ2v) is 3.01. The highest BCUT2D eigenvalue weighted by molar-refractivity contribution is 6.35. The standard InChI is InChI=1S/C8H7ClN2O/c1-4-6(10)2-5(9)8-7(4)11-3-12-8/h2-3H,10H2,1H3. The first-order valence-corrected chi connectivity index (χ1v) is 3.85. The predicted molar refractivity (Wildman–Crippen MR) is 48.2 cm³/mol. The Hall–Kier alpha value is -1.22. The molecule has 0 aliphatic heterocycles. The molecule has 1 heterocycles. The Morgan fingerprint density at radius 1 is 1.58 bits per heavy atom. The number of nitrogens with zero attached hydrogens (tertiary/aromatic N) is 1. The van der Waals surface area contributed by atoms with Crippen LogP contribution in [0.1, 0.15) is 5.56 Å². The molecule has 0 atom stereocenters. The lowest BCUT2D eigenvalue weighted by atomic mass is 10.2. The van der Waals surface area contributed by atoms with Gasteiger partial charge in [0.15, 0.2) is 12.0 Å². The molecule has 0 fully saturated rings. The third-order valence-corrected chi connectivity index (χ3v) is 2.14. The molecule has 0 saturated carbocycles. The lowest BCUT2D eigenvalue weighted by Gasteiger charge is -2.00. The van der Waals surface area contributed by atoms with E-state index in [-0.39, 0.29) is 0 Å². The number of fused-ring (bicyclic) bond motifs is 1. The molecule has 0 saturated heterocycles. The maximum absolute atomic E-state index is 5.86. The summed E-state index contributed by atoms with van der Waals surface area (Å²) in [5.41, 5.74) is 8.56. The number of benzene rings is 1. The Kier molecular flexibility index (Phi) is 1.48. The Balaban J connectivity index is 2.97. The number of hydrogen-bond donors (Lipinski definition) is 1. The van der Waals surface area contributed by atoms with Gasteiger partial charge in [-0.2, -0.15) is 0 Å². The molecule has 12 heavy (non-hydrogen) atoms. The van der Waals surface area contributed by atoms with Crippen molar-refractivity contribution in [2.24, 2.45) is 0 Å². The average Bonchev–Trinajstić information content (AvgIpc) is 2.48. The molecule has 0 aliphatic carbocycles. The number of aromatic nitrogens is 1. The molecule has 4 heteroatoms. The van der Waals surface area contributed by atoms with Crippen LogP contribution in [0.15, 0.2) is 16.9 Å². The van der Waals surface area contributed by atoms with E-state index >= 15 is 0 Å². The topological polar surface area (TPSA) is 52.0 Å². The van der Waals surface area contributed by atoms with Gasteiger partial charge in [-0.1, -0.05) is 11.6 Å². The summed E-state index contributed by atoms with van der Waals surface area (Å²) in [6, 6.07) is 1.67. The minimum Gasteiger partial charge on any atom is -0.442 e. The molecule has 0 unspecified atom stereocenters. The molecule has 2 N–H and O–H groups in total. The lowest BCUT2D eigenvalue weighted by Crippen LogP contribution is -1.90. The maximum atomic E-state index is 5.86. The van der Waals surface area contributed by atoms with Crippen LogP contribution >= 0.6 is 11.6 Å². The summed E-state index contributed by atoms with van der Waals surface area (Å²) in [6.45, 7) is 1.89. The fraction of sp³-hybridized carbons (Fsp3) is 0.125. The van der Waals surface area contributed by atoms with Crippen LogP contribution in [-0.2, 0) is 0 Å². The number of nitrogens with two attached hydrogens (primary N) is 1. The van der Waals surface area contributed by atoms with Gasteiger partial charge in [0, 0.05) is 11.3 Å². The zero-order valence-electron chi connectivity index (χ0n) is 6.47. The number of hydrogen-bond acceptors (Lipinski definition) is 3. The van der Waals surface area contributed by atoms with Crippen LogP contribution in [0.25, 0.3) is 11.1 Å². The highest BCUT2D eigenvalue weighted by Gasteiger charge is 2.09. The number of oxazole rings is 1. The molecule has 0 bridgehead atoms. The minimum absolute atomic E-state index is 0.505. The van der Waals surface area contributed by atoms with Crippen molar-refractivity contribution in [3.8, 4) is 0 Å². The van der Waals surface area contributed by atoms with Crippen LogP contribution in [0, 0.1) is 6.92 Å². The quantitative estimate of drug-likeness (QED) is 0.637. The maximum Gasteiger partial charge on any atom is 0.182 e. The highest BCUT2D eigenvalue weighted by atomic mass is 35.5. The van der Waals surface area contributed by atoms with Gasteiger partial charge >= 0.3 is 0 Å². The fourth-order valence-corrected chi connectivity index (χ4v) is 1.38. The van der Waals surface area contributed by atoms with Gasteiger partial charge in [0.1, 0.15) is 5.52 Å². The monoisotopic (exact) mass is 182 g/mol. The van der Waals surface area contributed by atoms with Crippen molar-refractivity contribution in [2.45, 2.75) is 6.92 Å². The van der Waals surface area contributed by atoms with Crippen LogP contribution in [0.2, 0.25) is 5.02 Å². The average molecular weight is 183 g/mol. The van der Waals surface area contributed by atoms with Gasteiger partial charge in [-0.05, 0) is 13.0 Å². The van der Waals surface area contributed by atoms with E-state index in [9.17, 15) is 0 Å². The van der Waals surface area contributed by atoms with Crippen LogP contribution < -0.4 is 5.73 Å². The zero-order valence-corrected chi connectivity index (χ0v) is 7.22. The molecular formula is C8H7ClN2O. The van der Waals surface area contributed by atoms with Crippen LogP contribution in [0.5, 0.6) is 0 Å². The Morgan fingerprint density at radius 3 is 3.08 bits per heavy atom. The number of rotatable bonds is 0. The van der Waals surface area contributed by atoms with Crippen molar-refractivity contribution in [3.63, 3.8) is 0 Å². The fourth-order valence-electron chi connectivity index (χ4n) is 1.13. The number of halogens is 1. The molecule has 0 aliphatic rings.